The summed E-state index contributed by atoms with van der Waals surface area (Å²) < 4.78 is 1.94. The van der Waals surface area contributed by atoms with E-state index in [1.54, 1.807) is 6.33 Å². The first kappa shape index (κ1) is 13.6. The molecule has 1 aromatic carbocycles. The van der Waals surface area contributed by atoms with Gasteiger partial charge in [0.2, 0.25) is 0 Å². The first-order valence-electron chi connectivity index (χ1n) is 6.85. The number of para-hydroxylation sites is 2. The van der Waals surface area contributed by atoms with Crippen molar-refractivity contribution < 1.29 is 9.90 Å². The smallest absolute Gasteiger partial charge is 0.308 e. The number of fused-ring (bicyclic) bond motifs is 1. The number of aromatic nitrogens is 2. The molecule has 102 valence electrons. The highest BCUT2D eigenvalue weighted by Crippen LogP contribution is 2.17. The standard InChI is InChI=1S/C15H20N2O2/c1-2-3-4-7-12(15(18)19)10-17-11-16-13-8-5-6-9-14(13)17/h5-6,8-9,11-12H,2-4,7,10H2,1H3,(H,18,19). The van der Waals surface area contributed by atoms with Crippen LogP contribution in [0.15, 0.2) is 30.6 Å². The summed E-state index contributed by atoms with van der Waals surface area (Å²) in [5.41, 5.74) is 1.92. The number of hydrogen-bond acceptors (Lipinski definition) is 2. The minimum Gasteiger partial charge on any atom is -0.481 e. The molecule has 4 nitrogen and oxygen atoms in total. The van der Waals surface area contributed by atoms with E-state index in [9.17, 15) is 9.90 Å². The number of carbonyl (C=O) groups is 1. The Morgan fingerprint density at radius 1 is 1.37 bits per heavy atom. The molecule has 0 saturated carbocycles. The zero-order chi connectivity index (χ0) is 13.7. The fourth-order valence-corrected chi connectivity index (χ4v) is 2.33. The van der Waals surface area contributed by atoms with Crippen LogP contribution in [0.1, 0.15) is 32.6 Å². The summed E-state index contributed by atoms with van der Waals surface area (Å²) in [6.07, 6.45) is 5.64. The van der Waals surface area contributed by atoms with Gasteiger partial charge in [-0.25, -0.2) is 4.98 Å². The van der Waals surface area contributed by atoms with Gasteiger partial charge in [0.1, 0.15) is 0 Å². The Morgan fingerprint density at radius 2 is 2.16 bits per heavy atom. The Hall–Kier alpha value is -1.84. The van der Waals surface area contributed by atoms with E-state index < -0.39 is 5.97 Å². The van der Waals surface area contributed by atoms with Gasteiger partial charge in [0.25, 0.3) is 0 Å². The van der Waals surface area contributed by atoms with Crippen molar-refractivity contribution >= 4 is 17.0 Å². The van der Waals surface area contributed by atoms with E-state index in [-0.39, 0.29) is 5.92 Å². The van der Waals surface area contributed by atoms with E-state index in [2.05, 4.69) is 11.9 Å². The molecule has 1 unspecified atom stereocenters. The van der Waals surface area contributed by atoms with Crippen molar-refractivity contribution in [3.05, 3.63) is 30.6 Å². The van der Waals surface area contributed by atoms with E-state index in [4.69, 9.17) is 0 Å². The van der Waals surface area contributed by atoms with Crippen LogP contribution in [-0.4, -0.2) is 20.6 Å². The number of benzene rings is 1. The number of carboxylic acid groups (broad SMARTS) is 1. The topological polar surface area (TPSA) is 55.1 Å². The minimum atomic E-state index is -0.714. The van der Waals surface area contributed by atoms with E-state index in [0.29, 0.717) is 6.54 Å². The van der Waals surface area contributed by atoms with Crippen molar-refractivity contribution in [1.29, 1.82) is 0 Å². The molecule has 2 rings (SSSR count). The third-order valence-electron chi connectivity index (χ3n) is 3.45. The maximum atomic E-state index is 11.3. The molecule has 1 N–H and O–H groups in total. The van der Waals surface area contributed by atoms with E-state index in [1.807, 2.05) is 28.8 Å². The molecule has 2 aromatic rings. The molecule has 0 aliphatic heterocycles. The van der Waals surface area contributed by atoms with Gasteiger partial charge in [0, 0.05) is 6.54 Å². The first-order valence-corrected chi connectivity index (χ1v) is 6.85. The molecule has 0 saturated heterocycles. The maximum absolute atomic E-state index is 11.3. The van der Waals surface area contributed by atoms with Gasteiger partial charge in [-0.1, -0.05) is 38.3 Å². The van der Waals surface area contributed by atoms with Crippen molar-refractivity contribution in [2.24, 2.45) is 5.92 Å². The van der Waals surface area contributed by atoms with Crippen LogP contribution in [0.2, 0.25) is 0 Å². The minimum absolute atomic E-state index is 0.329. The van der Waals surface area contributed by atoms with Gasteiger partial charge >= 0.3 is 5.97 Å². The van der Waals surface area contributed by atoms with Crippen molar-refractivity contribution in [3.63, 3.8) is 0 Å². The predicted molar refractivity (Wildman–Crippen MR) is 75.0 cm³/mol. The summed E-state index contributed by atoms with van der Waals surface area (Å²) in [6.45, 7) is 2.62. The molecule has 1 aromatic heterocycles. The number of imidazole rings is 1. The Morgan fingerprint density at radius 3 is 2.89 bits per heavy atom. The number of carboxylic acids is 1. The van der Waals surface area contributed by atoms with Gasteiger partial charge in [0.15, 0.2) is 0 Å². The molecule has 0 radical (unpaired) electrons. The van der Waals surface area contributed by atoms with Crippen LogP contribution in [0.4, 0.5) is 0 Å². The Bertz CT molecular complexity index is 548. The first-order chi connectivity index (χ1) is 9.22. The highest BCUT2D eigenvalue weighted by atomic mass is 16.4. The van der Waals surface area contributed by atoms with E-state index in [1.165, 1.54) is 0 Å². The van der Waals surface area contributed by atoms with Gasteiger partial charge in [-0.2, -0.15) is 0 Å². The zero-order valence-electron chi connectivity index (χ0n) is 11.2. The Labute approximate surface area is 113 Å². The molecule has 1 atom stereocenters. The molecule has 1 heterocycles. The lowest BCUT2D eigenvalue weighted by Crippen LogP contribution is -2.19. The summed E-state index contributed by atoms with van der Waals surface area (Å²) >= 11 is 0. The number of aliphatic carboxylic acids is 1. The number of unbranched alkanes of at least 4 members (excludes halogenated alkanes) is 2. The van der Waals surface area contributed by atoms with E-state index >= 15 is 0 Å². The average Bonchev–Trinajstić information content (AvgIpc) is 2.81. The lowest BCUT2D eigenvalue weighted by atomic mass is 10.0. The summed E-state index contributed by atoms with van der Waals surface area (Å²) in [7, 11) is 0. The highest BCUT2D eigenvalue weighted by Gasteiger charge is 2.18. The van der Waals surface area contributed by atoms with Gasteiger partial charge in [-0.05, 0) is 18.6 Å². The predicted octanol–water partition coefficient (Wildman–Crippen LogP) is 3.32. The van der Waals surface area contributed by atoms with Gasteiger partial charge in [-0.3, -0.25) is 4.79 Å². The number of rotatable bonds is 7. The molecule has 0 aliphatic rings. The van der Waals surface area contributed by atoms with Crippen molar-refractivity contribution in [2.75, 3.05) is 0 Å². The van der Waals surface area contributed by atoms with Crippen molar-refractivity contribution in [3.8, 4) is 0 Å². The SMILES string of the molecule is CCCCCC(Cn1cnc2ccccc21)C(=O)O. The molecule has 0 aliphatic carbocycles. The average molecular weight is 260 g/mol. The molecule has 0 fully saturated rings. The third kappa shape index (κ3) is 3.34. The van der Waals surface area contributed by atoms with Gasteiger partial charge < -0.3 is 9.67 Å². The molecule has 19 heavy (non-hydrogen) atoms. The van der Waals surface area contributed by atoms with Crippen LogP contribution in [0.5, 0.6) is 0 Å². The molecule has 4 heteroatoms. The summed E-state index contributed by atoms with van der Waals surface area (Å²) in [5.74, 6) is -1.04. The molecule has 0 spiro atoms. The number of nitrogens with zero attached hydrogens (tertiary/aromatic N) is 2. The van der Waals surface area contributed by atoms with E-state index in [0.717, 1.165) is 36.7 Å². The summed E-state index contributed by atoms with van der Waals surface area (Å²) in [4.78, 5) is 15.6. The number of hydrogen-bond donors (Lipinski definition) is 1. The lowest BCUT2D eigenvalue weighted by Gasteiger charge is -2.13. The quantitative estimate of drug-likeness (QED) is 0.777. The molecule has 0 bridgehead atoms. The normalized spacial score (nSPS) is 12.7. The van der Waals surface area contributed by atoms with Gasteiger partial charge in [0.05, 0.1) is 23.3 Å². The Balaban J connectivity index is 2.10. The van der Waals surface area contributed by atoms with Crippen LogP contribution >= 0.6 is 0 Å². The van der Waals surface area contributed by atoms with Crippen LogP contribution in [0, 0.1) is 5.92 Å². The second-order valence-electron chi connectivity index (χ2n) is 4.92. The Kier molecular flexibility index (Phi) is 4.55. The second kappa shape index (κ2) is 6.36. The van der Waals surface area contributed by atoms with Crippen LogP contribution in [0.25, 0.3) is 11.0 Å². The molecular formula is C15H20N2O2. The molecule has 0 amide bonds. The largest absolute Gasteiger partial charge is 0.481 e. The monoisotopic (exact) mass is 260 g/mol. The van der Waals surface area contributed by atoms with Crippen molar-refractivity contribution in [2.45, 2.75) is 39.2 Å². The van der Waals surface area contributed by atoms with Crippen molar-refractivity contribution in [1.82, 2.24) is 9.55 Å². The van der Waals surface area contributed by atoms with Gasteiger partial charge in [-0.15, -0.1) is 0 Å². The summed E-state index contributed by atoms with van der Waals surface area (Å²) in [5, 5.41) is 9.31. The van der Waals surface area contributed by atoms with Crippen LogP contribution in [0.3, 0.4) is 0 Å². The zero-order valence-corrected chi connectivity index (χ0v) is 11.2. The second-order valence-corrected chi connectivity index (χ2v) is 4.92. The van der Waals surface area contributed by atoms with Crippen LogP contribution in [-0.2, 0) is 11.3 Å². The third-order valence-corrected chi connectivity index (χ3v) is 3.45. The fraction of sp³-hybridized carbons (Fsp3) is 0.467. The highest BCUT2D eigenvalue weighted by molar-refractivity contribution is 5.75. The molecular weight excluding hydrogens is 240 g/mol. The van der Waals surface area contributed by atoms with Crippen LogP contribution < -0.4 is 0 Å². The maximum Gasteiger partial charge on any atom is 0.308 e. The lowest BCUT2D eigenvalue weighted by molar-refractivity contribution is -0.142. The summed E-state index contributed by atoms with van der Waals surface area (Å²) in [6, 6.07) is 7.81. The fourth-order valence-electron chi connectivity index (χ4n) is 2.33.